The molecule has 1 unspecified atom stereocenters. The number of piperidine rings is 1. The molecular weight excluding hydrogens is 534 g/mol. The normalized spacial score (nSPS) is 23.2. The molecule has 0 radical (unpaired) electrons. The van der Waals surface area contributed by atoms with Crippen molar-refractivity contribution in [3.05, 3.63) is 66.2 Å². The van der Waals surface area contributed by atoms with E-state index in [0.29, 0.717) is 63.6 Å². The van der Waals surface area contributed by atoms with Crippen LogP contribution < -0.4 is 25.0 Å². The second kappa shape index (κ2) is 13.7. The molecule has 2 fully saturated rings. The Morgan fingerprint density at radius 2 is 1.71 bits per heavy atom. The van der Waals surface area contributed by atoms with Crippen LogP contribution in [0, 0.1) is 5.41 Å². The molecule has 3 amide bonds. The Balaban J connectivity index is 1.20. The molecule has 1 spiro atoms. The lowest BCUT2D eigenvalue weighted by Gasteiger charge is -2.42. The number of anilines is 1. The molecule has 2 aromatic carbocycles. The third-order valence-electron chi connectivity index (χ3n) is 8.39. The zero-order chi connectivity index (χ0) is 29.4. The van der Waals surface area contributed by atoms with E-state index in [1.165, 1.54) is 0 Å². The van der Waals surface area contributed by atoms with Gasteiger partial charge in [0.25, 0.3) is 5.91 Å². The van der Waals surface area contributed by atoms with Crippen LogP contribution in [0.5, 0.6) is 11.5 Å². The first-order valence-corrected chi connectivity index (χ1v) is 14.8. The first-order chi connectivity index (χ1) is 20.5. The van der Waals surface area contributed by atoms with Crippen molar-refractivity contribution in [2.75, 3.05) is 77.5 Å². The number of benzene rings is 2. The van der Waals surface area contributed by atoms with Crippen LogP contribution >= 0.6 is 0 Å². The van der Waals surface area contributed by atoms with Crippen LogP contribution in [0.25, 0.3) is 0 Å². The summed E-state index contributed by atoms with van der Waals surface area (Å²) in [4.78, 5) is 45.9. The van der Waals surface area contributed by atoms with Crippen molar-refractivity contribution in [2.24, 2.45) is 5.41 Å². The fourth-order valence-electron chi connectivity index (χ4n) is 6.12. The second-order valence-corrected chi connectivity index (χ2v) is 11.1. The Bertz CT molecular complexity index is 1290. The molecule has 0 bridgehead atoms. The largest absolute Gasteiger partial charge is 0.495 e. The number of hydrogen-bond acceptors (Lipinski definition) is 7. The molecule has 10 nitrogen and oxygen atoms in total. The Morgan fingerprint density at radius 1 is 0.952 bits per heavy atom. The maximum Gasteiger partial charge on any atom is 0.255 e. The maximum absolute atomic E-state index is 13.6. The lowest BCUT2D eigenvalue weighted by atomic mass is 9.76. The predicted octanol–water partition coefficient (Wildman–Crippen LogP) is 2.31. The lowest BCUT2D eigenvalue weighted by Crippen LogP contribution is -2.56. The molecule has 1 atom stereocenters. The third-order valence-corrected chi connectivity index (χ3v) is 8.39. The van der Waals surface area contributed by atoms with Crippen molar-refractivity contribution < 1.29 is 23.9 Å². The molecule has 2 N–H and O–H groups in total. The average molecular weight is 576 g/mol. The molecule has 42 heavy (non-hydrogen) atoms. The monoisotopic (exact) mass is 575 g/mol. The van der Waals surface area contributed by atoms with E-state index >= 15 is 0 Å². The Kier molecular flexibility index (Phi) is 9.63. The van der Waals surface area contributed by atoms with Gasteiger partial charge in [-0.15, -0.1) is 0 Å². The summed E-state index contributed by atoms with van der Waals surface area (Å²) >= 11 is 0. The molecule has 0 aliphatic carbocycles. The maximum atomic E-state index is 13.6. The molecule has 2 aromatic rings. The van der Waals surface area contributed by atoms with E-state index in [1.54, 1.807) is 25.3 Å². The number of piperazine rings is 1. The topological polar surface area (TPSA) is 103 Å². The van der Waals surface area contributed by atoms with E-state index in [0.717, 1.165) is 43.9 Å². The van der Waals surface area contributed by atoms with Gasteiger partial charge in [0.1, 0.15) is 18.1 Å². The minimum atomic E-state index is -0.649. The van der Waals surface area contributed by atoms with E-state index in [4.69, 9.17) is 9.47 Å². The van der Waals surface area contributed by atoms with Crippen LogP contribution in [0.3, 0.4) is 0 Å². The highest BCUT2D eigenvalue weighted by Crippen LogP contribution is 2.35. The summed E-state index contributed by atoms with van der Waals surface area (Å²) < 4.78 is 11.4. The van der Waals surface area contributed by atoms with E-state index in [-0.39, 0.29) is 17.7 Å². The SMILES string of the molecule is COc1ccccc1N1CCN(C(=O)CN2CCCC3(C/C=C\COc4ccccc4C(=O)NCCNC3=O)C2)CC1. The third kappa shape index (κ3) is 6.87. The number of carbonyl (C=O) groups is 3. The van der Waals surface area contributed by atoms with Gasteiger partial charge in [-0.05, 0) is 50.1 Å². The number of methoxy groups -OCH3 is 1. The standard InChI is InChI=1S/C32H41N5O5/c1-41-28-12-5-3-10-26(28)36-18-20-37(21-19-36)29(38)23-35-17-8-14-32(24-35)13-6-7-22-42-27-11-4-2-9-25(27)30(39)33-15-16-34-31(32)40/h2-7,9-12H,8,13-24H2,1H3,(H,33,39)(H,34,40)/b7-6-. The van der Waals surface area contributed by atoms with Gasteiger partial charge in [-0.3, -0.25) is 19.3 Å². The minimum Gasteiger partial charge on any atom is -0.495 e. The van der Waals surface area contributed by atoms with Crippen molar-refractivity contribution >= 4 is 23.4 Å². The van der Waals surface area contributed by atoms with Gasteiger partial charge in [0.05, 0.1) is 30.3 Å². The Hall–Kier alpha value is -4.05. The van der Waals surface area contributed by atoms with Crippen LogP contribution in [0.15, 0.2) is 60.7 Å². The zero-order valence-electron chi connectivity index (χ0n) is 24.3. The van der Waals surface area contributed by atoms with Crippen LogP contribution in [0.2, 0.25) is 0 Å². The molecule has 0 aromatic heterocycles. The van der Waals surface area contributed by atoms with Crippen molar-refractivity contribution in [2.45, 2.75) is 19.3 Å². The van der Waals surface area contributed by atoms with Gasteiger partial charge < -0.3 is 29.9 Å². The number of nitrogens with one attached hydrogen (secondary N) is 2. The summed E-state index contributed by atoms with van der Waals surface area (Å²) in [6.07, 6.45) is 6.02. The van der Waals surface area contributed by atoms with Gasteiger partial charge in [-0.1, -0.05) is 36.4 Å². The molecule has 2 saturated heterocycles. The number of likely N-dealkylation sites (tertiary alicyclic amines) is 1. The highest BCUT2D eigenvalue weighted by atomic mass is 16.5. The van der Waals surface area contributed by atoms with Gasteiger partial charge in [-0.25, -0.2) is 0 Å². The quantitative estimate of drug-likeness (QED) is 0.540. The number of hydrogen-bond donors (Lipinski definition) is 2. The number of nitrogens with zero attached hydrogens (tertiary/aromatic N) is 3. The first kappa shape index (κ1) is 29.4. The van der Waals surface area contributed by atoms with E-state index in [2.05, 4.69) is 20.4 Å². The average Bonchev–Trinajstić information content (AvgIpc) is 3.02. The summed E-state index contributed by atoms with van der Waals surface area (Å²) in [5.74, 6) is 1.19. The molecule has 5 rings (SSSR count). The van der Waals surface area contributed by atoms with Crippen LogP contribution in [0.4, 0.5) is 5.69 Å². The fourth-order valence-corrected chi connectivity index (χ4v) is 6.12. The summed E-state index contributed by atoms with van der Waals surface area (Å²) in [7, 11) is 1.68. The van der Waals surface area contributed by atoms with Crippen molar-refractivity contribution in [1.82, 2.24) is 20.4 Å². The van der Waals surface area contributed by atoms with E-state index < -0.39 is 5.41 Å². The smallest absolute Gasteiger partial charge is 0.255 e. The molecule has 0 saturated carbocycles. The Labute approximate surface area is 247 Å². The second-order valence-electron chi connectivity index (χ2n) is 11.1. The van der Waals surface area contributed by atoms with Crippen LogP contribution in [-0.4, -0.2) is 100 Å². The minimum absolute atomic E-state index is 0.0395. The molecule has 3 aliphatic rings. The van der Waals surface area contributed by atoms with Crippen LogP contribution in [0.1, 0.15) is 29.6 Å². The molecule has 3 aliphatic heterocycles. The summed E-state index contributed by atoms with van der Waals surface area (Å²) in [6, 6.07) is 15.1. The van der Waals surface area contributed by atoms with Gasteiger partial charge in [0.2, 0.25) is 11.8 Å². The lowest BCUT2D eigenvalue weighted by molar-refractivity contribution is -0.139. The molecule has 224 valence electrons. The molecular formula is C32H41N5O5. The highest BCUT2D eigenvalue weighted by Gasteiger charge is 2.42. The van der Waals surface area contributed by atoms with E-state index in [9.17, 15) is 14.4 Å². The van der Waals surface area contributed by atoms with E-state index in [1.807, 2.05) is 47.4 Å². The first-order valence-electron chi connectivity index (χ1n) is 14.8. The molecule has 10 heteroatoms. The summed E-state index contributed by atoms with van der Waals surface area (Å²) in [5, 5.41) is 5.93. The van der Waals surface area contributed by atoms with Crippen LogP contribution in [-0.2, 0) is 9.59 Å². The number of ether oxygens (including phenoxy) is 2. The van der Waals surface area contributed by atoms with Gasteiger partial charge in [0, 0.05) is 45.8 Å². The zero-order valence-corrected chi connectivity index (χ0v) is 24.3. The fraction of sp³-hybridized carbons (Fsp3) is 0.469. The highest BCUT2D eigenvalue weighted by molar-refractivity contribution is 5.97. The van der Waals surface area contributed by atoms with Gasteiger partial charge in [-0.2, -0.15) is 0 Å². The van der Waals surface area contributed by atoms with Crippen molar-refractivity contribution in [3.8, 4) is 11.5 Å². The number of carbonyl (C=O) groups excluding carboxylic acids is 3. The number of allylic oxidation sites excluding steroid dienone is 1. The summed E-state index contributed by atoms with van der Waals surface area (Å²) in [5.41, 5.74) is 0.871. The van der Waals surface area contributed by atoms with Gasteiger partial charge >= 0.3 is 0 Å². The summed E-state index contributed by atoms with van der Waals surface area (Å²) in [6.45, 7) is 5.30. The van der Waals surface area contributed by atoms with Gasteiger partial charge in [0.15, 0.2) is 0 Å². The number of rotatable bonds is 4. The van der Waals surface area contributed by atoms with Crippen molar-refractivity contribution in [1.29, 1.82) is 0 Å². The number of para-hydroxylation sites is 3. The molecule has 3 heterocycles. The number of fused-ring (bicyclic) bond motifs is 1. The van der Waals surface area contributed by atoms with Crippen molar-refractivity contribution in [3.63, 3.8) is 0 Å². The Morgan fingerprint density at radius 3 is 2.55 bits per heavy atom. The number of amides is 3. The predicted molar refractivity (Wildman–Crippen MR) is 161 cm³/mol.